The molecule has 1 amide bonds. The number of alkyl halides is 3. The van der Waals surface area contributed by atoms with E-state index in [2.05, 4.69) is 17.0 Å². The molecular formula is C18H27F3N4O4. The van der Waals surface area contributed by atoms with Crippen LogP contribution in [0.25, 0.3) is 0 Å². The molecular weight excluding hydrogens is 393 g/mol. The lowest BCUT2D eigenvalue weighted by Gasteiger charge is -2.41. The van der Waals surface area contributed by atoms with Crippen LogP contribution in [0.5, 0.6) is 0 Å². The van der Waals surface area contributed by atoms with E-state index in [-0.39, 0.29) is 11.3 Å². The third-order valence-corrected chi connectivity index (χ3v) is 5.64. The number of carboxylic acid groups (broad SMARTS) is 1. The number of nitrogens with zero attached hydrogens (tertiary/aromatic N) is 4. The molecule has 0 aromatic carbocycles. The number of ether oxygens (including phenoxy) is 1. The summed E-state index contributed by atoms with van der Waals surface area (Å²) in [5, 5.41) is 11.2. The standard InChI is InChI=1S/C16H26N4O2.C2HF3O2/c1-18-6-4-16(5-7-18)12-20(10-14(16)11-22-3)15(21)13-8-17-19(2)9-13;3-2(4,5)1(6)7/h8-9,14H,4-7,10-12H2,1-3H3;(H,6,7). The topological polar surface area (TPSA) is 87.9 Å². The molecule has 1 N–H and O–H groups in total. The molecule has 1 aromatic heterocycles. The van der Waals surface area contributed by atoms with Gasteiger partial charge in [0, 0.05) is 39.4 Å². The van der Waals surface area contributed by atoms with Crippen LogP contribution in [0.3, 0.4) is 0 Å². The van der Waals surface area contributed by atoms with E-state index < -0.39 is 12.1 Å². The van der Waals surface area contributed by atoms with Gasteiger partial charge >= 0.3 is 12.1 Å². The number of carbonyl (C=O) groups is 2. The van der Waals surface area contributed by atoms with Gasteiger partial charge in [-0.15, -0.1) is 0 Å². The Morgan fingerprint density at radius 2 is 1.90 bits per heavy atom. The van der Waals surface area contributed by atoms with Crippen molar-refractivity contribution in [3.05, 3.63) is 18.0 Å². The van der Waals surface area contributed by atoms with Crippen molar-refractivity contribution in [3.63, 3.8) is 0 Å². The van der Waals surface area contributed by atoms with Gasteiger partial charge in [-0.3, -0.25) is 9.48 Å². The number of halogens is 3. The molecule has 8 nitrogen and oxygen atoms in total. The maximum Gasteiger partial charge on any atom is 0.490 e. The van der Waals surface area contributed by atoms with Crippen molar-refractivity contribution in [1.29, 1.82) is 0 Å². The van der Waals surface area contributed by atoms with Crippen molar-refractivity contribution in [2.24, 2.45) is 18.4 Å². The summed E-state index contributed by atoms with van der Waals surface area (Å²) in [5.41, 5.74) is 0.907. The first-order valence-corrected chi connectivity index (χ1v) is 9.24. The molecule has 1 atom stereocenters. The third kappa shape index (κ3) is 5.69. The number of likely N-dealkylation sites (tertiary alicyclic amines) is 2. The maximum atomic E-state index is 12.7. The fraction of sp³-hybridized carbons (Fsp3) is 0.722. The van der Waals surface area contributed by atoms with Crippen molar-refractivity contribution in [2.45, 2.75) is 19.0 Å². The Hall–Kier alpha value is -2.14. The van der Waals surface area contributed by atoms with E-state index in [1.54, 1.807) is 24.2 Å². The summed E-state index contributed by atoms with van der Waals surface area (Å²) < 4.78 is 38.9. The Morgan fingerprint density at radius 3 is 2.34 bits per heavy atom. The number of hydrogen-bond donors (Lipinski definition) is 1. The Morgan fingerprint density at radius 1 is 1.31 bits per heavy atom. The van der Waals surface area contributed by atoms with Crippen LogP contribution in [0.1, 0.15) is 23.2 Å². The molecule has 1 spiro atoms. The van der Waals surface area contributed by atoms with Gasteiger partial charge in [-0.25, -0.2) is 4.79 Å². The molecule has 0 saturated carbocycles. The number of aromatic nitrogens is 2. The Labute approximate surface area is 167 Å². The fourth-order valence-corrected chi connectivity index (χ4v) is 3.96. The quantitative estimate of drug-likeness (QED) is 0.797. The van der Waals surface area contributed by atoms with Crippen molar-refractivity contribution in [1.82, 2.24) is 19.6 Å². The monoisotopic (exact) mass is 420 g/mol. The Bertz CT molecular complexity index is 714. The summed E-state index contributed by atoms with van der Waals surface area (Å²) in [6.45, 7) is 4.60. The summed E-state index contributed by atoms with van der Waals surface area (Å²) >= 11 is 0. The number of amides is 1. The van der Waals surface area contributed by atoms with Gasteiger partial charge in [0.05, 0.1) is 18.4 Å². The third-order valence-electron chi connectivity index (χ3n) is 5.64. The fourth-order valence-electron chi connectivity index (χ4n) is 3.96. The van der Waals surface area contributed by atoms with Gasteiger partial charge in [-0.05, 0) is 38.4 Å². The highest BCUT2D eigenvalue weighted by atomic mass is 19.4. The van der Waals surface area contributed by atoms with Gasteiger partial charge in [0.25, 0.3) is 5.91 Å². The number of piperidine rings is 1. The predicted molar refractivity (Wildman–Crippen MR) is 97.3 cm³/mol. The van der Waals surface area contributed by atoms with E-state index in [1.807, 2.05) is 11.9 Å². The number of aryl methyl sites for hydroxylation is 1. The van der Waals surface area contributed by atoms with Crippen molar-refractivity contribution >= 4 is 11.9 Å². The van der Waals surface area contributed by atoms with Crippen molar-refractivity contribution < 1.29 is 32.6 Å². The summed E-state index contributed by atoms with van der Waals surface area (Å²) in [4.78, 5) is 26.0. The summed E-state index contributed by atoms with van der Waals surface area (Å²) in [7, 11) is 5.77. The zero-order chi connectivity index (χ0) is 21.8. The molecule has 2 aliphatic heterocycles. The Balaban J connectivity index is 0.000000370. The van der Waals surface area contributed by atoms with Crippen LogP contribution in [-0.2, 0) is 16.6 Å². The van der Waals surface area contributed by atoms with Crippen LogP contribution in [0.4, 0.5) is 13.2 Å². The lowest BCUT2D eigenvalue weighted by atomic mass is 9.71. The molecule has 3 heterocycles. The van der Waals surface area contributed by atoms with Crippen LogP contribution in [0.15, 0.2) is 12.4 Å². The lowest BCUT2D eigenvalue weighted by molar-refractivity contribution is -0.192. The molecule has 2 saturated heterocycles. The van der Waals surface area contributed by atoms with Crippen LogP contribution in [0, 0.1) is 11.3 Å². The van der Waals surface area contributed by atoms with E-state index in [1.165, 1.54) is 0 Å². The number of hydrogen-bond acceptors (Lipinski definition) is 5. The first-order valence-electron chi connectivity index (χ1n) is 9.24. The summed E-state index contributed by atoms with van der Waals surface area (Å²) in [6.07, 6.45) is 0.670. The first kappa shape index (κ1) is 23.1. The number of rotatable bonds is 3. The molecule has 0 bridgehead atoms. The second-order valence-electron chi connectivity index (χ2n) is 7.71. The number of carbonyl (C=O) groups excluding carboxylic acids is 1. The molecule has 1 unspecified atom stereocenters. The zero-order valence-electron chi connectivity index (χ0n) is 16.8. The molecule has 2 aliphatic rings. The van der Waals surface area contributed by atoms with Gasteiger partial charge in [-0.2, -0.15) is 18.3 Å². The highest BCUT2D eigenvalue weighted by molar-refractivity contribution is 5.94. The SMILES string of the molecule is COCC1CN(C(=O)c2cnn(C)c2)CC12CCN(C)CC2.O=C(O)C(F)(F)F. The molecule has 3 rings (SSSR count). The van der Waals surface area contributed by atoms with E-state index in [4.69, 9.17) is 14.6 Å². The largest absolute Gasteiger partial charge is 0.490 e. The van der Waals surface area contributed by atoms with Crippen LogP contribution in [-0.4, -0.2) is 89.7 Å². The zero-order valence-corrected chi connectivity index (χ0v) is 16.8. The van der Waals surface area contributed by atoms with Crippen molar-refractivity contribution in [2.75, 3.05) is 46.9 Å². The minimum Gasteiger partial charge on any atom is -0.475 e. The highest BCUT2D eigenvalue weighted by Gasteiger charge is 2.48. The normalized spacial score (nSPS) is 21.7. The highest BCUT2D eigenvalue weighted by Crippen LogP contribution is 2.44. The number of methoxy groups -OCH3 is 1. The lowest BCUT2D eigenvalue weighted by Crippen LogP contribution is -2.44. The number of aliphatic carboxylic acids is 1. The molecule has 0 radical (unpaired) electrons. The second kappa shape index (κ2) is 9.12. The van der Waals surface area contributed by atoms with Gasteiger partial charge < -0.3 is 19.6 Å². The second-order valence-corrected chi connectivity index (χ2v) is 7.71. The molecule has 1 aromatic rings. The van der Waals surface area contributed by atoms with E-state index in [0.29, 0.717) is 11.5 Å². The molecule has 29 heavy (non-hydrogen) atoms. The summed E-state index contributed by atoms with van der Waals surface area (Å²) in [5.74, 6) is -2.22. The molecule has 0 aliphatic carbocycles. The van der Waals surface area contributed by atoms with E-state index >= 15 is 0 Å². The minimum atomic E-state index is -5.08. The molecule has 2 fully saturated rings. The van der Waals surface area contributed by atoms with Crippen LogP contribution >= 0.6 is 0 Å². The average molecular weight is 420 g/mol. The average Bonchev–Trinajstić information content (AvgIpc) is 3.22. The predicted octanol–water partition coefficient (Wildman–Crippen LogP) is 1.48. The van der Waals surface area contributed by atoms with Gasteiger partial charge in [0.2, 0.25) is 0 Å². The first-order chi connectivity index (χ1) is 13.5. The van der Waals surface area contributed by atoms with Crippen LogP contribution in [0.2, 0.25) is 0 Å². The van der Waals surface area contributed by atoms with E-state index in [0.717, 1.165) is 45.6 Å². The number of carboxylic acids is 1. The Kier molecular flexibility index (Phi) is 7.28. The van der Waals surface area contributed by atoms with Crippen LogP contribution < -0.4 is 0 Å². The van der Waals surface area contributed by atoms with Gasteiger partial charge in [-0.1, -0.05) is 0 Å². The molecule has 11 heteroatoms. The summed E-state index contributed by atoms with van der Waals surface area (Å²) in [6, 6.07) is 0. The van der Waals surface area contributed by atoms with Gasteiger partial charge in [0.1, 0.15) is 0 Å². The van der Waals surface area contributed by atoms with Crippen molar-refractivity contribution in [3.8, 4) is 0 Å². The van der Waals surface area contributed by atoms with Gasteiger partial charge in [0.15, 0.2) is 0 Å². The molecule has 164 valence electrons. The maximum absolute atomic E-state index is 12.7. The smallest absolute Gasteiger partial charge is 0.475 e. The van der Waals surface area contributed by atoms with E-state index in [9.17, 15) is 18.0 Å². The minimum absolute atomic E-state index is 0.102.